The Labute approximate surface area is 134 Å². The molecule has 0 unspecified atom stereocenters. The molecule has 0 spiro atoms. The lowest BCUT2D eigenvalue weighted by Gasteiger charge is -2.26. The molecule has 22 heavy (non-hydrogen) atoms. The van der Waals surface area contributed by atoms with Crippen LogP contribution in [0.4, 0.5) is 0 Å². The van der Waals surface area contributed by atoms with Crippen molar-refractivity contribution >= 4 is 5.91 Å². The van der Waals surface area contributed by atoms with Gasteiger partial charge in [-0.05, 0) is 75.4 Å². The highest BCUT2D eigenvalue weighted by Crippen LogP contribution is 2.21. The number of piperidine rings is 1. The van der Waals surface area contributed by atoms with Crippen molar-refractivity contribution in [3.63, 3.8) is 0 Å². The van der Waals surface area contributed by atoms with E-state index in [1.54, 1.807) is 0 Å². The molecule has 3 heteroatoms. The predicted molar refractivity (Wildman–Crippen MR) is 90.3 cm³/mol. The molecule has 0 bridgehead atoms. The third kappa shape index (κ3) is 3.89. The average Bonchev–Trinajstić information content (AvgIpc) is 2.56. The zero-order valence-corrected chi connectivity index (χ0v) is 13.6. The summed E-state index contributed by atoms with van der Waals surface area (Å²) in [7, 11) is 0. The SMILES string of the molecule is O=C1NCCc2c(CCCCCN3CCCCC3)cccc21. The zero-order valence-electron chi connectivity index (χ0n) is 13.6. The van der Waals surface area contributed by atoms with Crippen molar-refractivity contribution in [2.75, 3.05) is 26.2 Å². The van der Waals surface area contributed by atoms with E-state index in [1.807, 2.05) is 12.1 Å². The Kier molecular flexibility index (Phi) is 5.49. The van der Waals surface area contributed by atoms with Crippen LogP contribution in [0.2, 0.25) is 0 Å². The molecular weight excluding hydrogens is 272 g/mol. The lowest BCUT2D eigenvalue weighted by Crippen LogP contribution is -2.32. The summed E-state index contributed by atoms with van der Waals surface area (Å²) in [5.41, 5.74) is 3.59. The van der Waals surface area contributed by atoms with Crippen molar-refractivity contribution in [1.29, 1.82) is 0 Å². The van der Waals surface area contributed by atoms with Gasteiger partial charge in [0.25, 0.3) is 5.91 Å². The molecule has 3 nitrogen and oxygen atoms in total. The number of nitrogens with one attached hydrogen (secondary N) is 1. The Morgan fingerprint density at radius 3 is 2.77 bits per heavy atom. The van der Waals surface area contributed by atoms with E-state index in [9.17, 15) is 4.79 Å². The summed E-state index contributed by atoms with van der Waals surface area (Å²) in [5, 5.41) is 2.93. The summed E-state index contributed by atoms with van der Waals surface area (Å²) < 4.78 is 0. The Morgan fingerprint density at radius 2 is 1.91 bits per heavy atom. The van der Waals surface area contributed by atoms with Gasteiger partial charge in [0, 0.05) is 12.1 Å². The predicted octanol–water partition coefficient (Wildman–Crippen LogP) is 3.17. The maximum Gasteiger partial charge on any atom is 0.251 e. The molecule has 1 amide bonds. The van der Waals surface area contributed by atoms with Crippen molar-refractivity contribution < 1.29 is 4.79 Å². The molecule has 120 valence electrons. The highest BCUT2D eigenvalue weighted by atomic mass is 16.1. The first-order valence-electron chi connectivity index (χ1n) is 8.96. The first-order valence-corrected chi connectivity index (χ1v) is 8.96. The number of nitrogens with zero attached hydrogens (tertiary/aromatic N) is 1. The van der Waals surface area contributed by atoms with Crippen LogP contribution in [0.25, 0.3) is 0 Å². The van der Waals surface area contributed by atoms with E-state index in [2.05, 4.69) is 16.3 Å². The molecule has 2 aliphatic heterocycles. The van der Waals surface area contributed by atoms with Gasteiger partial charge >= 0.3 is 0 Å². The van der Waals surface area contributed by atoms with Crippen molar-refractivity contribution in [2.45, 2.75) is 51.4 Å². The van der Waals surface area contributed by atoms with Crippen LogP contribution < -0.4 is 5.32 Å². The molecule has 1 aromatic carbocycles. The fourth-order valence-corrected chi connectivity index (χ4v) is 3.78. The van der Waals surface area contributed by atoms with Crippen LogP contribution in [0, 0.1) is 0 Å². The summed E-state index contributed by atoms with van der Waals surface area (Å²) in [4.78, 5) is 14.5. The van der Waals surface area contributed by atoms with Gasteiger partial charge in [0.15, 0.2) is 0 Å². The molecule has 2 heterocycles. The van der Waals surface area contributed by atoms with Crippen molar-refractivity contribution in [3.05, 3.63) is 34.9 Å². The number of amides is 1. The first-order chi connectivity index (χ1) is 10.8. The van der Waals surface area contributed by atoms with Crippen molar-refractivity contribution in [3.8, 4) is 0 Å². The van der Waals surface area contributed by atoms with E-state index in [0.717, 1.165) is 24.9 Å². The van der Waals surface area contributed by atoms with Crippen LogP contribution in [0.15, 0.2) is 18.2 Å². The van der Waals surface area contributed by atoms with Gasteiger partial charge in [-0.2, -0.15) is 0 Å². The molecule has 0 aliphatic carbocycles. The number of benzene rings is 1. The largest absolute Gasteiger partial charge is 0.352 e. The number of carbonyl (C=O) groups is 1. The van der Waals surface area contributed by atoms with Crippen LogP contribution >= 0.6 is 0 Å². The molecular formula is C19H28N2O. The van der Waals surface area contributed by atoms with Crippen LogP contribution in [-0.4, -0.2) is 37.0 Å². The smallest absolute Gasteiger partial charge is 0.251 e. The third-order valence-electron chi connectivity index (χ3n) is 5.05. The normalized spacial score (nSPS) is 18.8. The van der Waals surface area contributed by atoms with E-state index in [0.29, 0.717) is 0 Å². The molecule has 0 radical (unpaired) electrons. The maximum atomic E-state index is 11.9. The number of likely N-dealkylation sites (tertiary alicyclic amines) is 1. The van der Waals surface area contributed by atoms with Crippen LogP contribution in [0.5, 0.6) is 0 Å². The number of aryl methyl sites for hydroxylation is 1. The Hall–Kier alpha value is -1.35. The van der Waals surface area contributed by atoms with Gasteiger partial charge in [-0.3, -0.25) is 4.79 Å². The molecule has 0 aromatic heterocycles. The van der Waals surface area contributed by atoms with E-state index in [4.69, 9.17) is 0 Å². The summed E-state index contributed by atoms with van der Waals surface area (Å²) >= 11 is 0. The second-order valence-corrected chi connectivity index (χ2v) is 6.66. The highest BCUT2D eigenvalue weighted by molar-refractivity contribution is 5.97. The maximum absolute atomic E-state index is 11.9. The molecule has 0 saturated carbocycles. The molecule has 1 aromatic rings. The second kappa shape index (κ2) is 7.77. The number of hydrogen-bond donors (Lipinski definition) is 1. The number of hydrogen-bond acceptors (Lipinski definition) is 2. The molecule has 0 atom stereocenters. The molecule has 1 fully saturated rings. The fraction of sp³-hybridized carbons (Fsp3) is 0.632. The van der Waals surface area contributed by atoms with Crippen molar-refractivity contribution in [2.24, 2.45) is 0 Å². The highest BCUT2D eigenvalue weighted by Gasteiger charge is 2.18. The van der Waals surface area contributed by atoms with E-state index < -0.39 is 0 Å². The lowest BCUT2D eigenvalue weighted by atomic mass is 9.92. The van der Waals surface area contributed by atoms with E-state index in [1.165, 1.54) is 69.3 Å². The van der Waals surface area contributed by atoms with E-state index in [-0.39, 0.29) is 5.91 Å². The monoisotopic (exact) mass is 300 g/mol. The Bertz CT molecular complexity index is 506. The second-order valence-electron chi connectivity index (χ2n) is 6.66. The number of carbonyl (C=O) groups excluding carboxylic acids is 1. The minimum Gasteiger partial charge on any atom is -0.352 e. The van der Waals surface area contributed by atoms with Gasteiger partial charge in [0.1, 0.15) is 0 Å². The van der Waals surface area contributed by atoms with Crippen LogP contribution in [0.1, 0.15) is 60.0 Å². The summed E-state index contributed by atoms with van der Waals surface area (Å²) in [6.07, 6.45) is 10.2. The van der Waals surface area contributed by atoms with Gasteiger partial charge in [-0.25, -0.2) is 0 Å². The minimum absolute atomic E-state index is 0.105. The number of rotatable bonds is 6. The average molecular weight is 300 g/mol. The summed E-state index contributed by atoms with van der Waals surface area (Å²) in [6, 6.07) is 6.21. The first kappa shape index (κ1) is 15.5. The number of unbranched alkanes of at least 4 members (excludes halogenated alkanes) is 2. The van der Waals surface area contributed by atoms with Crippen LogP contribution in [-0.2, 0) is 12.8 Å². The zero-order chi connectivity index (χ0) is 15.2. The van der Waals surface area contributed by atoms with Crippen molar-refractivity contribution in [1.82, 2.24) is 10.2 Å². The summed E-state index contributed by atoms with van der Waals surface area (Å²) in [5.74, 6) is 0.105. The third-order valence-corrected chi connectivity index (χ3v) is 5.05. The fourth-order valence-electron chi connectivity index (χ4n) is 3.78. The van der Waals surface area contributed by atoms with Gasteiger partial charge in [0.2, 0.25) is 0 Å². The quantitative estimate of drug-likeness (QED) is 0.818. The van der Waals surface area contributed by atoms with Crippen LogP contribution in [0.3, 0.4) is 0 Å². The van der Waals surface area contributed by atoms with Gasteiger partial charge in [0.05, 0.1) is 0 Å². The standard InChI is InChI=1S/C19H28N2O/c22-19-18-10-7-9-16(17(18)11-12-20-19)8-3-1-4-13-21-14-5-2-6-15-21/h7,9-10H,1-6,8,11-15H2,(H,20,22). The van der Waals surface area contributed by atoms with Gasteiger partial charge < -0.3 is 10.2 Å². The van der Waals surface area contributed by atoms with Gasteiger partial charge in [-0.15, -0.1) is 0 Å². The number of fused-ring (bicyclic) bond motifs is 1. The Morgan fingerprint density at radius 1 is 1.05 bits per heavy atom. The molecule has 2 aliphatic rings. The minimum atomic E-state index is 0.105. The lowest BCUT2D eigenvalue weighted by molar-refractivity contribution is 0.0945. The summed E-state index contributed by atoms with van der Waals surface area (Å²) in [6.45, 7) is 4.68. The molecule has 1 N–H and O–H groups in total. The molecule has 1 saturated heterocycles. The Balaban J connectivity index is 1.44. The topological polar surface area (TPSA) is 32.3 Å². The van der Waals surface area contributed by atoms with E-state index >= 15 is 0 Å². The van der Waals surface area contributed by atoms with Gasteiger partial charge in [-0.1, -0.05) is 25.0 Å². The molecule has 3 rings (SSSR count).